The number of likely N-dealkylation sites (N-methyl/N-ethyl adjacent to an activating group) is 1. The average molecular weight is 763 g/mol. The number of benzene rings is 2. The van der Waals surface area contributed by atoms with Crippen LogP contribution >= 0.6 is 0 Å². The highest BCUT2D eigenvalue weighted by Gasteiger charge is 2.40. The summed E-state index contributed by atoms with van der Waals surface area (Å²) in [5, 5.41) is 12.1. The van der Waals surface area contributed by atoms with Gasteiger partial charge in [-0.1, -0.05) is 44.2 Å². The molecule has 4 atom stereocenters. The fraction of sp³-hybridized carbons (Fsp3) is 0.400. The minimum absolute atomic E-state index is 0.180. The molecule has 0 saturated carbocycles. The standard InChI is InChI=1S/C40H46N10O6/c1-22(2)34(48(4)40(54)55)38(52)50-17-7-9-33(50)36-42-20-30(46-36)25-12-10-24(11-13-25)29-19-41-28-18-26(14-15-27(28)45-29)31-21-43-35(47-31)32-8-6-16-49(32)37(51)23(3)44-39(53)56-5/h10-15,18-23,32-34H,6-9,16-17H2,1-5H3,(H,42,46)(H,43,47)(H,44,53)(H,54,55)/t23-,32-,33-,34-/m0/s1. The molecule has 4 N–H and O–H groups in total. The Labute approximate surface area is 323 Å². The molecular weight excluding hydrogens is 717 g/mol. The van der Waals surface area contributed by atoms with E-state index in [9.17, 15) is 24.3 Å². The van der Waals surface area contributed by atoms with Gasteiger partial charge in [0.15, 0.2) is 0 Å². The first-order valence-electron chi connectivity index (χ1n) is 18.8. The zero-order valence-corrected chi connectivity index (χ0v) is 32.0. The number of carbonyl (C=O) groups excluding carboxylic acids is 3. The Morgan fingerprint density at radius 1 is 0.804 bits per heavy atom. The molecule has 2 aliphatic heterocycles. The van der Waals surface area contributed by atoms with Crippen LogP contribution in [0.2, 0.25) is 0 Å². The molecule has 0 bridgehead atoms. The summed E-state index contributed by atoms with van der Waals surface area (Å²) in [6, 6.07) is 11.8. The number of hydrogen-bond acceptors (Lipinski definition) is 9. The third-order valence-electron chi connectivity index (χ3n) is 10.7. The third-order valence-corrected chi connectivity index (χ3v) is 10.7. The first-order chi connectivity index (χ1) is 26.9. The van der Waals surface area contributed by atoms with E-state index in [2.05, 4.69) is 30.0 Å². The first-order valence-corrected chi connectivity index (χ1v) is 18.8. The van der Waals surface area contributed by atoms with Gasteiger partial charge in [0.25, 0.3) is 0 Å². The first kappa shape index (κ1) is 38.0. The molecule has 7 rings (SSSR count). The van der Waals surface area contributed by atoms with Crippen LogP contribution in [0.3, 0.4) is 0 Å². The van der Waals surface area contributed by atoms with E-state index in [1.54, 1.807) is 35.3 Å². The normalized spacial score (nSPS) is 18.0. The molecule has 2 fully saturated rings. The van der Waals surface area contributed by atoms with Gasteiger partial charge in [-0.3, -0.25) is 19.5 Å². The van der Waals surface area contributed by atoms with Crippen molar-refractivity contribution in [3.8, 4) is 33.8 Å². The molecule has 292 valence electrons. The molecule has 5 aromatic rings. The zero-order valence-electron chi connectivity index (χ0n) is 32.0. The van der Waals surface area contributed by atoms with E-state index >= 15 is 0 Å². The number of carbonyl (C=O) groups is 4. The Hall–Kier alpha value is -6.32. The lowest BCUT2D eigenvalue weighted by Gasteiger charge is -2.33. The van der Waals surface area contributed by atoms with Crippen LogP contribution in [0.4, 0.5) is 9.59 Å². The van der Waals surface area contributed by atoms with Gasteiger partial charge in [0, 0.05) is 31.3 Å². The van der Waals surface area contributed by atoms with E-state index in [1.165, 1.54) is 14.2 Å². The van der Waals surface area contributed by atoms with Crippen molar-refractivity contribution >= 4 is 35.0 Å². The fourth-order valence-electron chi connectivity index (χ4n) is 7.81. The van der Waals surface area contributed by atoms with Gasteiger partial charge >= 0.3 is 12.2 Å². The molecular formula is C40H46N10O6. The molecule has 0 aliphatic carbocycles. The molecule has 2 saturated heterocycles. The molecule has 5 heterocycles. The highest BCUT2D eigenvalue weighted by Crippen LogP contribution is 2.35. The van der Waals surface area contributed by atoms with Crippen molar-refractivity contribution in [2.24, 2.45) is 5.92 Å². The van der Waals surface area contributed by atoms with E-state index in [4.69, 9.17) is 9.97 Å². The number of rotatable bonds is 10. The number of imidazole rings is 2. The lowest BCUT2D eigenvalue weighted by atomic mass is 10.0. The summed E-state index contributed by atoms with van der Waals surface area (Å²) in [5.74, 6) is 0.783. The van der Waals surface area contributed by atoms with Crippen LogP contribution in [0, 0.1) is 5.92 Å². The quantitative estimate of drug-likeness (QED) is 0.135. The third kappa shape index (κ3) is 7.50. The maximum atomic E-state index is 13.6. The SMILES string of the molecule is COC(=O)N[C@@H](C)C(=O)N1CCC[C@H]1c1ncc(-c2ccc3nc(-c4ccc(-c5cnc([C@@H]6CCCN6C(=O)[C@H](C(C)C)N(C)C(=O)O)[nH]5)cc4)cnc3c2)[nH]1. The number of aromatic amines is 2. The Morgan fingerprint density at radius 3 is 1.96 bits per heavy atom. The van der Waals surface area contributed by atoms with Crippen LogP contribution in [0.15, 0.2) is 61.1 Å². The summed E-state index contributed by atoms with van der Waals surface area (Å²) in [6.07, 6.45) is 6.62. The highest BCUT2D eigenvalue weighted by molar-refractivity contribution is 5.87. The summed E-state index contributed by atoms with van der Waals surface area (Å²) < 4.78 is 4.64. The largest absolute Gasteiger partial charge is 0.465 e. The van der Waals surface area contributed by atoms with Gasteiger partial charge in [-0.25, -0.2) is 24.5 Å². The number of H-pyrrole nitrogens is 2. The van der Waals surface area contributed by atoms with E-state index in [1.807, 2.05) is 56.3 Å². The van der Waals surface area contributed by atoms with Crippen LogP contribution in [-0.2, 0) is 14.3 Å². The molecule has 0 unspecified atom stereocenters. The Morgan fingerprint density at radius 2 is 1.38 bits per heavy atom. The molecule has 0 radical (unpaired) electrons. The van der Waals surface area contributed by atoms with Gasteiger partial charge in [-0.2, -0.15) is 0 Å². The number of nitrogens with one attached hydrogen (secondary N) is 3. The molecule has 3 aromatic heterocycles. The predicted molar refractivity (Wildman–Crippen MR) is 207 cm³/mol. The molecule has 4 amide bonds. The maximum absolute atomic E-state index is 13.6. The van der Waals surface area contributed by atoms with Crippen molar-refractivity contribution in [2.45, 2.75) is 70.6 Å². The van der Waals surface area contributed by atoms with E-state index in [0.717, 1.165) is 75.4 Å². The molecule has 2 aromatic carbocycles. The van der Waals surface area contributed by atoms with Gasteiger partial charge in [0.05, 0.1) is 65.9 Å². The molecule has 16 heteroatoms. The Balaban J connectivity index is 1.03. The summed E-state index contributed by atoms with van der Waals surface area (Å²) in [7, 11) is 2.70. The summed E-state index contributed by atoms with van der Waals surface area (Å²) in [5.41, 5.74) is 6.48. The van der Waals surface area contributed by atoms with Gasteiger partial charge in [-0.05, 0) is 56.2 Å². The van der Waals surface area contributed by atoms with Crippen LogP contribution in [0.25, 0.3) is 44.8 Å². The fourth-order valence-corrected chi connectivity index (χ4v) is 7.81. The van der Waals surface area contributed by atoms with Crippen molar-refractivity contribution in [3.63, 3.8) is 0 Å². The van der Waals surface area contributed by atoms with Crippen molar-refractivity contribution in [1.29, 1.82) is 0 Å². The molecule has 0 spiro atoms. The number of amides is 4. The molecule has 2 aliphatic rings. The lowest BCUT2D eigenvalue weighted by molar-refractivity contribution is -0.138. The minimum Gasteiger partial charge on any atom is -0.465 e. The van der Waals surface area contributed by atoms with Crippen LogP contribution in [0.1, 0.15) is 70.2 Å². The van der Waals surface area contributed by atoms with Crippen molar-refractivity contribution < 1.29 is 29.0 Å². The number of nitrogens with zero attached hydrogens (tertiary/aromatic N) is 7. The van der Waals surface area contributed by atoms with Crippen molar-refractivity contribution in [1.82, 2.24) is 49.9 Å². The average Bonchev–Trinajstić information content (AvgIpc) is 4.04. The van der Waals surface area contributed by atoms with Crippen molar-refractivity contribution in [3.05, 3.63) is 72.7 Å². The van der Waals surface area contributed by atoms with Gasteiger partial charge in [0.1, 0.15) is 23.7 Å². The molecule has 16 nitrogen and oxygen atoms in total. The summed E-state index contributed by atoms with van der Waals surface area (Å²) in [6.45, 7) is 6.47. The number of hydrogen-bond donors (Lipinski definition) is 4. The molecule has 56 heavy (non-hydrogen) atoms. The number of alkyl carbamates (subject to hydrolysis) is 1. The van der Waals surface area contributed by atoms with Gasteiger partial charge < -0.3 is 34.9 Å². The monoisotopic (exact) mass is 762 g/mol. The maximum Gasteiger partial charge on any atom is 0.407 e. The predicted octanol–water partition coefficient (Wildman–Crippen LogP) is 5.78. The van der Waals surface area contributed by atoms with Crippen LogP contribution in [-0.4, -0.2) is 113 Å². The van der Waals surface area contributed by atoms with Gasteiger partial charge in [0.2, 0.25) is 11.8 Å². The number of aromatic nitrogens is 6. The Kier molecular flexibility index (Phi) is 10.7. The number of ether oxygens (including phenoxy) is 1. The van der Waals surface area contributed by atoms with Crippen LogP contribution in [0.5, 0.6) is 0 Å². The van der Waals surface area contributed by atoms with E-state index < -0.39 is 24.3 Å². The second kappa shape index (κ2) is 15.8. The van der Waals surface area contributed by atoms with Crippen LogP contribution < -0.4 is 5.32 Å². The lowest BCUT2D eigenvalue weighted by Crippen LogP contribution is -2.51. The topological polar surface area (TPSA) is 203 Å². The van der Waals surface area contributed by atoms with Gasteiger partial charge in [-0.15, -0.1) is 0 Å². The number of fused-ring (bicyclic) bond motifs is 1. The van der Waals surface area contributed by atoms with E-state index in [0.29, 0.717) is 24.7 Å². The smallest absolute Gasteiger partial charge is 0.407 e. The Bertz CT molecular complexity index is 2250. The number of likely N-dealkylation sites (tertiary alicyclic amines) is 2. The van der Waals surface area contributed by atoms with Crippen molar-refractivity contribution in [2.75, 3.05) is 27.2 Å². The van der Waals surface area contributed by atoms with E-state index in [-0.39, 0.29) is 29.8 Å². The zero-order chi connectivity index (χ0) is 39.7. The highest BCUT2D eigenvalue weighted by atomic mass is 16.5. The second-order valence-corrected chi connectivity index (χ2v) is 14.7. The minimum atomic E-state index is -1.13. The summed E-state index contributed by atoms with van der Waals surface area (Å²) >= 11 is 0. The number of carboxylic acid groups (broad SMARTS) is 1. The summed E-state index contributed by atoms with van der Waals surface area (Å²) in [4.78, 5) is 80.4. The number of methoxy groups -OCH3 is 1. The second-order valence-electron chi connectivity index (χ2n) is 14.7.